The minimum atomic E-state index is -0.567. The molecule has 0 aromatic rings. The Bertz CT molecular complexity index is 433. The lowest BCUT2D eigenvalue weighted by atomic mass is 9.65. The third-order valence-corrected chi connectivity index (χ3v) is 7.76. The number of thiocarbonyl (C=S) groups is 1. The molecule has 3 atom stereocenters. The lowest BCUT2D eigenvalue weighted by molar-refractivity contribution is 0.0381. The summed E-state index contributed by atoms with van der Waals surface area (Å²) in [5.74, 6) is 0. The van der Waals surface area contributed by atoms with Crippen LogP contribution in [-0.2, 0) is 0 Å². The molecule has 0 bridgehead atoms. The molecule has 2 aliphatic heterocycles. The van der Waals surface area contributed by atoms with Crippen LogP contribution < -0.4 is 0 Å². The van der Waals surface area contributed by atoms with Crippen molar-refractivity contribution in [2.24, 2.45) is 10.8 Å². The van der Waals surface area contributed by atoms with E-state index in [1.807, 2.05) is 0 Å². The standard InChI is InChI=1S/C13H17Cl2NS/c1-10-4-2-5-11-6-3-7-16(9(17)8-10)12(10,11)13(11,14)15/h2-8H2,1H3/t10-,11-,12+/m1/s1. The van der Waals surface area contributed by atoms with Crippen molar-refractivity contribution in [1.29, 1.82) is 0 Å². The highest BCUT2D eigenvalue weighted by atomic mass is 35.5. The third-order valence-electron chi connectivity index (χ3n) is 6.12. The molecule has 1 spiro atoms. The Labute approximate surface area is 118 Å². The molecule has 4 aliphatic rings. The van der Waals surface area contributed by atoms with Gasteiger partial charge in [-0.05, 0) is 25.7 Å². The number of piperidine rings is 1. The van der Waals surface area contributed by atoms with Crippen LogP contribution in [0.4, 0.5) is 0 Å². The predicted molar refractivity (Wildman–Crippen MR) is 74.7 cm³/mol. The average Bonchev–Trinajstić information content (AvgIpc) is 2.60. The summed E-state index contributed by atoms with van der Waals surface area (Å²) in [7, 11) is 0. The van der Waals surface area contributed by atoms with E-state index in [-0.39, 0.29) is 16.4 Å². The topological polar surface area (TPSA) is 3.24 Å². The SMILES string of the molecule is C[C@@]12CCC[C@@]34CCCN(C(=S)C1)[C@@]23C4(Cl)Cl. The smallest absolute Gasteiger partial charge is 0.150 e. The number of rotatable bonds is 0. The highest BCUT2D eigenvalue weighted by molar-refractivity contribution is 7.80. The molecule has 0 unspecified atom stereocenters. The van der Waals surface area contributed by atoms with E-state index < -0.39 is 4.33 Å². The van der Waals surface area contributed by atoms with Gasteiger partial charge in [0.1, 0.15) is 4.33 Å². The maximum absolute atomic E-state index is 6.82. The molecule has 2 saturated heterocycles. The minimum absolute atomic E-state index is 0.0241. The number of hydrogen-bond donors (Lipinski definition) is 0. The zero-order valence-corrected chi connectivity index (χ0v) is 12.4. The van der Waals surface area contributed by atoms with Crippen LogP contribution in [0, 0.1) is 10.8 Å². The molecule has 0 radical (unpaired) electrons. The zero-order chi connectivity index (χ0) is 12.1. The average molecular weight is 290 g/mol. The summed E-state index contributed by atoms with van der Waals surface area (Å²) in [4.78, 5) is 3.53. The van der Waals surface area contributed by atoms with Gasteiger partial charge in [0, 0.05) is 23.8 Å². The lowest BCUT2D eigenvalue weighted by Crippen LogP contribution is -2.52. The Hall–Kier alpha value is 0.470. The van der Waals surface area contributed by atoms with Gasteiger partial charge >= 0.3 is 0 Å². The summed E-state index contributed by atoms with van der Waals surface area (Å²) < 4.78 is -0.567. The molecule has 4 rings (SSSR count). The Kier molecular flexibility index (Phi) is 1.87. The molecule has 0 amide bonds. The Balaban J connectivity index is 1.98. The fraction of sp³-hybridized carbons (Fsp3) is 0.923. The van der Waals surface area contributed by atoms with Gasteiger partial charge in [0.05, 0.1) is 10.5 Å². The van der Waals surface area contributed by atoms with Crippen molar-refractivity contribution in [3.05, 3.63) is 0 Å². The quantitative estimate of drug-likeness (QED) is 0.491. The van der Waals surface area contributed by atoms with Crippen molar-refractivity contribution in [3.8, 4) is 0 Å². The molecule has 0 aromatic carbocycles. The summed E-state index contributed by atoms with van der Waals surface area (Å²) in [6.45, 7) is 3.43. The molecule has 1 nitrogen and oxygen atoms in total. The van der Waals surface area contributed by atoms with Crippen molar-refractivity contribution in [2.45, 2.75) is 55.3 Å². The second kappa shape index (κ2) is 2.81. The molecular formula is C13H17Cl2NS. The maximum Gasteiger partial charge on any atom is 0.150 e. The van der Waals surface area contributed by atoms with E-state index in [4.69, 9.17) is 35.4 Å². The summed E-state index contributed by atoms with van der Waals surface area (Å²) >= 11 is 19.3. The molecule has 2 aliphatic carbocycles. The molecule has 4 fully saturated rings. The van der Waals surface area contributed by atoms with Crippen LogP contribution in [0.2, 0.25) is 0 Å². The van der Waals surface area contributed by atoms with Crippen molar-refractivity contribution < 1.29 is 0 Å². The minimum Gasteiger partial charge on any atom is -0.356 e. The molecule has 0 N–H and O–H groups in total. The van der Waals surface area contributed by atoms with Crippen LogP contribution in [0.25, 0.3) is 0 Å². The van der Waals surface area contributed by atoms with Gasteiger partial charge in [0.25, 0.3) is 0 Å². The first-order chi connectivity index (χ1) is 7.93. The van der Waals surface area contributed by atoms with E-state index in [0.29, 0.717) is 0 Å². The lowest BCUT2D eigenvalue weighted by Gasteiger charge is -2.46. The zero-order valence-electron chi connectivity index (χ0n) is 10.1. The van der Waals surface area contributed by atoms with Crippen molar-refractivity contribution in [3.63, 3.8) is 0 Å². The molecular weight excluding hydrogens is 273 g/mol. The first-order valence-electron chi connectivity index (χ1n) is 6.61. The number of nitrogens with zero attached hydrogens (tertiary/aromatic N) is 1. The van der Waals surface area contributed by atoms with Crippen LogP contribution in [-0.4, -0.2) is 26.3 Å². The summed E-state index contributed by atoms with van der Waals surface area (Å²) in [5, 5.41) is 0. The van der Waals surface area contributed by atoms with E-state index >= 15 is 0 Å². The van der Waals surface area contributed by atoms with E-state index in [1.54, 1.807) is 0 Å². The fourth-order valence-corrected chi connectivity index (χ4v) is 7.85. The Morgan fingerprint density at radius 2 is 1.88 bits per heavy atom. The highest BCUT2D eigenvalue weighted by Crippen LogP contribution is 2.88. The monoisotopic (exact) mass is 289 g/mol. The molecule has 2 heterocycles. The van der Waals surface area contributed by atoms with Gasteiger partial charge in [-0.3, -0.25) is 0 Å². The molecule has 17 heavy (non-hydrogen) atoms. The van der Waals surface area contributed by atoms with E-state index in [9.17, 15) is 0 Å². The molecule has 2 saturated carbocycles. The van der Waals surface area contributed by atoms with Gasteiger partial charge in [0.15, 0.2) is 0 Å². The van der Waals surface area contributed by atoms with Crippen LogP contribution in [0.3, 0.4) is 0 Å². The predicted octanol–water partition coefficient (Wildman–Crippen LogP) is 3.92. The highest BCUT2D eigenvalue weighted by Gasteiger charge is 2.95. The summed E-state index contributed by atoms with van der Waals surface area (Å²) in [6, 6.07) is 0. The van der Waals surface area contributed by atoms with Gasteiger partial charge < -0.3 is 4.90 Å². The van der Waals surface area contributed by atoms with E-state index in [0.717, 1.165) is 18.0 Å². The van der Waals surface area contributed by atoms with Gasteiger partial charge in [-0.15, -0.1) is 0 Å². The van der Waals surface area contributed by atoms with Crippen molar-refractivity contribution >= 4 is 40.4 Å². The van der Waals surface area contributed by atoms with Crippen LogP contribution >= 0.6 is 35.4 Å². The van der Waals surface area contributed by atoms with Crippen LogP contribution in [0.5, 0.6) is 0 Å². The maximum atomic E-state index is 6.82. The van der Waals surface area contributed by atoms with Crippen LogP contribution in [0.15, 0.2) is 0 Å². The second-order valence-electron chi connectivity index (χ2n) is 6.61. The number of hydrogen-bond acceptors (Lipinski definition) is 1. The number of halogens is 2. The second-order valence-corrected chi connectivity index (χ2v) is 8.41. The molecule has 94 valence electrons. The van der Waals surface area contributed by atoms with E-state index in [2.05, 4.69) is 11.8 Å². The van der Waals surface area contributed by atoms with Crippen LogP contribution in [0.1, 0.15) is 45.4 Å². The van der Waals surface area contributed by atoms with Crippen molar-refractivity contribution in [2.75, 3.05) is 6.54 Å². The van der Waals surface area contributed by atoms with Crippen molar-refractivity contribution in [1.82, 2.24) is 4.90 Å². The summed E-state index contributed by atoms with van der Waals surface area (Å²) in [6.07, 6.45) is 7.08. The first kappa shape index (κ1) is 11.3. The third kappa shape index (κ3) is 0.830. The fourth-order valence-electron chi connectivity index (χ4n) is 5.72. The van der Waals surface area contributed by atoms with Gasteiger partial charge in [-0.2, -0.15) is 0 Å². The van der Waals surface area contributed by atoms with Gasteiger partial charge in [0.2, 0.25) is 0 Å². The first-order valence-corrected chi connectivity index (χ1v) is 7.78. The largest absolute Gasteiger partial charge is 0.356 e. The number of alkyl halides is 2. The summed E-state index contributed by atoms with van der Waals surface area (Å²) in [5.41, 5.74) is 0.324. The van der Waals surface area contributed by atoms with E-state index in [1.165, 1.54) is 32.1 Å². The van der Waals surface area contributed by atoms with Gasteiger partial charge in [-0.25, -0.2) is 0 Å². The van der Waals surface area contributed by atoms with Gasteiger partial charge in [-0.1, -0.05) is 48.8 Å². The molecule has 4 heteroatoms. The normalized spacial score (nSPS) is 54.3. The Morgan fingerprint density at radius 1 is 1.18 bits per heavy atom. The Morgan fingerprint density at radius 3 is 2.65 bits per heavy atom. The molecule has 0 aromatic heterocycles.